The summed E-state index contributed by atoms with van der Waals surface area (Å²) in [5.74, 6) is 0.253. The van der Waals surface area contributed by atoms with E-state index in [1.54, 1.807) is 12.1 Å². The molecule has 122 valence electrons. The van der Waals surface area contributed by atoms with Gasteiger partial charge in [0.15, 0.2) is 5.75 Å². The first-order chi connectivity index (χ1) is 10.6. The number of nitrogens with zero attached hydrogens (tertiary/aromatic N) is 2. The highest BCUT2D eigenvalue weighted by Gasteiger charge is 2.17. The summed E-state index contributed by atoms with van der Waals surface area (Å²) in [6.07, 6.45) is 1.98. The van der Waals surface area contributed by atoms with Gasteiger partial charge in [0.05, 0.1) is 18.1 Å². The maximum absolute atomic E-state index is 11.0. The number of hydrogen-bond donors (Lipinski definition) is 2. The van der Waals surface area contributed by atoms with E-state index < -0.39 is 11.0 Å². The maximum atomic E-state index is 11.0. The average molecular weight is 309 g/mol. The Hall–Kier alpha value is -1.70. The minimum atomic E-state index is -0.454. The zero-order valence-electron chi connectivity index (χ0n) is 12.8. The number of nitro groups is 1. The molecule has 7 nitrogen and oxygen atoms in total. The molecule has 0 aliphatic carbocycles. The van der Waals surface area contributed by atoms with Gasteiger partial charge in [0.2, 0.25) is 0 Å². The Bertz CT molecular complexity index is 504. The topological polar surface area (TPSA) is 87.9 Å². The Labute approximate surface area is 130 Å². The molecule has 2 N–H and O–H groups in total. The van der Waals surface area contributed by atoms with E-state index >= 15 is 0 Å². The van der Waals surface area contributed by atoms with Gasteiger partial charge in [-0.25, -0.2) is 0 Å². The van der Waals surface area contributed by atoms with Gasteiger partial charge in [-0.05, 0) is 37.6 Å². The van der Waals surface area contributed by atoms with Crippen LogP contribution in [-0.2, 0) is 6.54 Å². The Morgan fingerprint density at radius 2 is 2.18 bits per heavy atom. The van der Waals surface area contributed by atoms with Gasteiger partial charge in [-0.2, -0.15) is 0 Å². The molecular weight excluding hydrogens is 286 g/mol. The lowest BCUT2D eigenvalue weighted by Gasteiger charge is -2.19. The van der Waals surface area contributed by atoms with Crippen LogP contribution in [0.1, 0.15) is 18.4 Å². The third-order valence-corrected chi connectivity index (χ3v) is 3.82. The van der Waals surface area contributed by atoms with Crippen LogP contribution < -0.4 is 10.1 Å². The highest BCUT2D eigenvalue weighted by Crippen LogP contribution is 2.27. The predicted molar refractivity (Wildman–Crippen MR) is 83.0 cm³/mol. The fourth-order valence-electron chi connectivity index (χ4n) is 2.70. The summed E-state index contributed by atoms with van der Waals surface area (Å²) in [4.78, 5) is 12.8. The van der Waals surface area contributed by atoms with E-state index in [0.29, 0.717) is 19.6 Å². The SMILES string of the molecule is COc1ccc(CNCC(O)CN2CCCC2)cc1[N+](=O)[O-]. The second kappa shape index (κ2) is 8.07. The number of nitrogens with one attached hydrogen (secondary N) is 1. The molecule has 1 atom stereocenters. The Morgan fingerprint density at radius 1 is 1.45 bits per heavy atom. The smallest absolute Gasteiger partial charge is 0.311 e. The number of methoxy groups -OCH3 is 1. The van der Waals surface area contributed by atoms with Crippen LogP contribution in [0.25, 0.3) is 0 Å². The zero-order chi connectivity index (χ0) is 15.9. The molecule has 0 amide bonds. The summed E-state index contributed by atoms with van der Waals surface area (Å²) in [5, 5.41) is 24.1. The summed E-state index contributed by atoms with van der Waals surface area (Å²) >= 11 is 0. The molecule has 0 bridgehead atoms. The van der Waals surface area contributed by atoms with Crippen molar-refractivity contribution in [1.82, 2.24) is 10.2 Å². The van der Waals surface area contributed by atoms with Crippen molar-refractivity contribution in [1.29, 1.82) is 0 Å². The van der Waals surface area contributed by atoms with Crippen LogP contribution >= 0.6 is 0 Å². The molecule has 1 heterocycles. The van der Waals surface area contributed by atoms with Crippen molar-refractivity contribution in [3.8, 4) is 5.75 Å². The Kier molecular flexibility index (Phi) is 6.11. The van der Waals surface area contributed by atoms with Crippen LogP contribution in [-0.4, -0.2) is 54.3 Å². The molecule has 1 aliphatic heterocycles. The number of aliphatic hydroxyl groups excluding tert-OH is 1. The van der Waals surface area contributed by atoms with Gasteiger partial charge in [0.25, 0.3) is 0 Å². The number of benzene rings is 1. The normalized spacial score (nSPS) is 16.6. The van der Waals surface area contributed by atoms with E-state index in [9.17, 15) is 15.2 Å². The lowest BCUT2D eigenvalue weighted by atomic mass is 10.2. The summed E-state index contributed by atoms with van der Waals surface area (Å²) in [7, 11) is 1.41. The number of rotatable bonds is 8. The fraction of sp³-hybridized carbons (Fsp3) is 0.600. The van der Waals surface area contributed by atoms with E-state index in [4.69, 9.17) is 4.74 Å². The average Bonchev–Trinajstić information content (AvgIpc) is 2.99. The molecule has 1 aliphatic rings. The summed E-state index contributed by atoms with van der Waals surface area (Å²) in [6.45, 7) is 3.73. The minimum absolute atomic E-state index is 0.0422. The fourth-order valence-corrected chi connectivity index (χ4v) is 2.70. The monoisotopic (exact) mass is 309 g/mol. The largest absolute Gasteiger partial charge is 0.490 e. The van der Waals surface area contributed by atoms with Crippen molar-refractivity contribution in [2.75, 3.05) is 33.3 Å². The van der Waals surface area contributed by atoms with E-state index in [1.807, 2.05) is 0 Å². The molecule has 22 heavy (non-hydrogen) atoms. The van der Waals surface area contributed by atoms with E-state index in [0.717, 1.165) is 18.7 Å². The van der Waals surface area contributed by atoms with Crippen molar-refractivity contribution >= 4 is 5.69 Å². The molecule has 0 spiro atoms. The number of ether oxygens (including phenoxy) is 1. The summed E-state index contributed by atoms with van der Waals surface area (Å²) < 4.78 is 4.97. The summed E-state index contributed by atoms with van der Waals surface area (Å²) in [6, 6.07) is 4.88. The Morgan fingerprint density at radius 3 is 2.82 bits per heavy atom. The van der Waals surface area contributed by atoms with Gasteiger partial charge in [0.1, 0.15) is 0 Å². The number of nitro benzene ring substituents is 1. The van der Waals surface area contributed by atoms with Crippen LogP contribution in [0.2, 0.25) is 0 Å². The van der Waals surface area contributed by atoms with Gasteiger partial charge >= 0.3 is 5.69 Å². The van der Waals surface area contributed by atoms with Gasteiger partial charge < -0.3 is 20.1 Å². The second-order valence-corrected chi connectivity index (χ2v) is 5.56. The molecule has 2 rings (SSSR count). The molecular formula is C15H23N3O4. The van der Waals surface area contributed by atoms with Crippen LogP contribution in [0.3, 0.4) is 0 Å². The van der Waals surface area contributed by atoms with Crippen LogP contribution in [0.5, 0.6) is 5.75 Å². The number of β-amino-alcohol motifs (C(OH)–C–C–N with tert-alkyl or cyclic N) is 1. The molecule has 0 aromatic heterocycles. The van der Waals surface area contributed by atoms with Crippen LogP contribution in [0.4, 0.5) is 5.69 Å². The molecule has 1 fully saturated rings. The quantitative estimate of drug-likeness (QED) is 0.553. The molecule has 7 heteroatoms. The highest BCUT2D eigenvalue weighted by molar-refractivity contribution is 5.48. The maximum Gasteiger partial charge on any atom is 0.311 e. The van der Waals surface area contributed by atoms with Gasteiger partial charge in [-0.1, -0.05) is 6.07 Å². The lowest BCUT2D eigenvalue weighted by Crippen LogP contribution is -2.36. The standard InChI is InChI=1S/C15H23N3O4/c1-22-15-5-4-12(8-14(15)18(20)21)9-16-10-13(19)11-17-6-2-3-7-17/h4-5,8,13,16,19H,2-3,6-7,9-11H2,1H3. The number of likely N-dealkylation sites (tertiary alicyclic amines) is 1. The first kappa shape index (κ1) is 16.7. The van der Waals surface area contributed by atoms with Crippen molar-refractivity contribution in [3.63, 3.8) is 0 Å². The van der Waals surface area contributed by atoms with Gasteiger partial charge in [-0.15, -0.1) is 0 Å². The minimum Gasteiger partial charge on any atom is -0.490 e. The second-order valence-electron chi connectivity index (χ2n) is 5.56. The predicted octanol–water partition coefficient (Wildman–Crippen LogP) is 1.15. The van der Waals surface area contributed by atoms with E-state index in [1.165, 1.54) is 26.0 Å². The summed E-state index contributed by atoms with van der Waals surface area (Å²) in [5.41, 5.74) is 0.750. The van der Waals surface area contributed by atoms with Crippen molar-refractivity contribution < 1.29 is 14.8 Å². The number of hydrogen-bond acceptors (Lipinski definition) is 6. The van der Waals surface area contributed by atoms with Crippen LogP contribution in [0.15, 0.2) is 18.2 Å². The Balaban J connectivity index is 1.81. The van der Waals surface area contributed by atoms with E-state index in [-0.39, 0.29) is 11.4 Å². The lowest BCUT2D eigenvalue weighted by molar-refractivity contribution is -0.385. The third kappa shape index (κ3) is 4.66. The molecule has 1 aromatic rings. The highest BCUT2D eigenvalue weighted by atomic mass is 16.6. The molecule has 0 radical (unpaired) electrons. The van der Waals surface area contributed by atoms with E-state index in [2.05, 4.69) is 10.2 Å². The van der Waals surface area contributed by atoms with Gasteiger partial charge in [-0.3, -0.25) is 10.1 Å². The van der Waals surface area contributed by atoms with Crippen LogP contribution in [0, 0.1) is 10.1 Å². The molecule has 1 unspecified atom stereocenters. The third-order valence-electron chi connectivity index (χ3n) is 3.82. The molecule has 1 aromatic carbocycles. The van der Waals surface area contributed by atoms with Crippen molar-refractivity contribution in [2.24, 2.45) is 0 Å². The zero-order valence-corrected chi connectivity index (χ0v) is 12.8. The number of aliphatic hydroxyl groups is 1. The first-order valence-corrected chi connectivity index (χ1v) is 7.52. The van der Waals surface area contributed by atoms with Crippen molar-refractivity contribution in [2.45, 2.75) is 25.5 Å². The molecule has 0 saturated carbocycles. The molecule has 1 saturated heterocycles. The first-order valence-electron chi connectivity index (χ1n) is 7.52. The van der Waals surface area contributed by atoms with Gasteiger partial charge in [0, 0.05) is 25.7 Å². The van der Waals surface area contributed by atoms with Crippen molar-refractivity contribution in [3.05, 3.63) is 33.9 Å².